The molecule has 1 aromatic carbocycles. The Morgan fingerprint density at radius 2 is 1.86 bits per heavy atom. The number of rotatable bonds is 6. The number of benzene rings is 1. The molecule has 14 heavy (non-hydrogen) atoms. The van der Waals surface area contributed by atoms with E-state index in [-0.39, 0.29) is 0 Å². The number of methoxy groups -OCH3 is 1. The van der Waals surface area contributed by atoms with Crippen LogP contribution in [0, 0.1) is 0 Å². The Morgan fingerprint density at radius 3 is 2.43 bits per heavy atom. The Hall–Kier alpha value is -0.550. The van der Waals surface area contributed by atoms with Crippen LogP contribution in [0.3, 0.4) is 0 Å². The van der Waals surface area contributed by atoms with Crippen molar-refractivity contribution in [2.24, 2.45) is 0 Å². The van der Waals surface area contributed by atoms with Gasteiger partial charge in [-0.25, -0.2) is 0 Å². The third-order valence-electron chi connectivity index (χ3n) is 2.20. The van der Waals surface area contributed by atoms with Crippen LogP contribution in [0.1, 0.15) is 26.2 Å². The maximum Gasteiger partial charge on any atom is 0.118 e. The van der Waals surface area contributed by atoms with E-state index >= 15 is 0 Å². The molecule has 0 bridgehead atoms. The monoisotopic (exact) mass is 210 g/mol. The highest BCUT2D eigenvalue weighted by Crippen LogP contribution is 2.16. The zero-order valence-corrected chi connectivity index (χ0v) is 10.0. The number of hydrogen-bond acceptors (Lipinski definition) is 1. The van der Waals surface area contributed by atoms with Gasteiger partial charge in [0.25, 0.3) is 0 Å². The Bertz CT molecular complexity index is 243. The molecule has 0 aromatic heterocycles. The van der Waals surface area contributed by atoms with Crippen molar-refractivity contribution in [1.29, 1.82) is 0 Å². The molecular formula is C12H19OP. The first-order valence-corrected chi connectivity index (χ1v) is 6.45. The molecule has 0 aliphatic rings. The van der Waals surface area contributed by atoms with E-state index in [1.54, 1.807) is 7.11 Å². The van der Waals surface area contributed by atoms with E-state index < -0.39 is 0 Å². The van der Waals surface area contributed by atoms with E-state index in [1.807, 2.05) is 12.1 Å². The molecule has 1 nitrogen and oxygen atoms in total. The molecule has 1 atom stereocenters. The SMILES string of the molecule is CCCCCPc1ccc(OC)cc1. The Labute approximate surface area is 88.6 Å². The zero-order valence-electron chi connectivity index (χ0n) is 9.05. The molecule has 0 amide bonds. The quantitative estimate of drug-likeness (QED) is 0.517. The molecule has 0 N–H and O–H groups in total. The van der Waals surface area contributed by atoms with Gasteiger partial charge in [-0.2, -0.15) is 0 Å². The largest absolute Gasteiger partial charge is 0.497 e. The number of unbranched alkanes of at least 4 members (excludes halogenated alkanes) is 2. The van der Waals surface area contributed by atoms with Gasteiger partial charge in [-0.05, 0) is 30.0 Å². The summed E-state index contributed by atoms with van der Waals surface area (Å²) >= 11 is 0. The van der Waals surface area contributed by atoms with Crippen LogP contribution in [0.15, 0.2) is 24.3 Å². The molecule has 1 aromatic rings. The van der Waals surface area contributed by atoms with Crippen molar-refractivity contribution in [2.75, 3.05) is 13.3 Å². The predicted molar refractivity (Wildman–Crippen MR) is 65.3 cm³/mol. The minimum absolute atomic E-state index is 0.951. The maximum absolute atomic E-state index is 5.12. The van der Waals surface area contributed by atoms with Crippen LogP contribution in [-0.2, 0) is 0 Å². The van der Waals surface area contributed by atoms with Crippen LogP contribution in [0.4, 0.5) is 0 Å². The summed E-state index contributed by atoms with van der Waals surface area (Å²) in [6, 6.07) is 8.43. The second kappa shape index (κ2) is 6.84. The standard InChI is InChI=1S/C12H19OP/c1-3-4-5-10-14-12-8-6-11(13-2)7-9-12/h6-9,14H,3-5,10H2,1-2H3. The summed E-state index contributed by atoms with van der Waals surface area (Å²) < 4.78 is 5.12. The normalized spacial score (nSPS) is 11.0. The zero-order chi connectivity index (χ0) is 10.2. The van der Waals surface area contributed by atoms with E-state index in [9.17, 15) is 0 Å². The van der Waals surface area contributed by atoms with Gasteiger partial charge in [-0.15, -0.1) is 0 Å². The molecule has 78 valence electrons. The van der Waals surface area contributed by atoms with Gasteiger partial charge < -0.3 is 4.74 Å². The lowest BCUT2D eigenvalue weighted by Crippen LogP contribution is -1.95. The Balaban J connectivity index is 2.29. The molecule has 2 heteroatoms. The molecule has 0 aliphatic heterocycles. The maximum atomic E-state index is 5.12. The molecule has 1 rings (SSSR count). The molecule has 0 saturated heterocycles. The molecule has 0 saturated carbocycles. The first kappa shape index (κ1) is 11.5. The van der Waals surface area contributed by atoms with Crippen molar-refractivity contribution in [3.8, 4) is 5.75 Å². The predicted octanol–water partition coefficient (Wildman–Crippen LogP) is 3.19. The van der Waals surface area contributed by atoms with Gasteiger partial charge in [0.05, 0.1) is 7.11 Å². The van der Waals surface area contributed by atoms with Crippen LogP contribution >= 0.6 is 8.58 Å². The third-order valence-corrected chi connectivity index (χ3v) is 3.54. The molecular weight excluding hydrogens is 191 g/mol. The lowest BCUT2D eigenvalue weighted by Gasteiger charge is -2.03. The second-order valence-corrected chi connectivity index (χ2v) is 4.79. The number of ether oxygens (including phenoxy) is 1. The fraction of sp³-hybridized carbons (Fsp3) is 0.500. The lowest BCUT2D eigenvalue weighted by atomic mass is 10.3. The summed E-state index contributed by atoms with van der Waals surface area (Å²) in [5.74, 6) is 0.951. The highest BCUT2D eigenvalue weighted by atomic mass is 31.1. The highest BCUT2D eigenvalue weighted by molar-refractivity contribution is 7.47. The van der Waals surface area contributed by atoms with Crippen molar-refractivity contribution < 1.29 is 4.74 Å². The van der Waals surface area contributed by atoms with Crippen LogP contribution in [0.2, 0.25) is 0 Å². The van der Waals surface area contributed by atoms with Gasteiger partial charge in [0.2, 0.25) is 0 Å². The van der Waals surface area contributed by atoms with Gasteiger partial charge in [-0.3, -0.25) is 0 Å². The van der Waals surface area contributed by atoms with E-state index in [0.717, 1.165) is 14.3 Å². The van der Waals surface area contributed by atoms with E-state index in [4.69, 9.17) is 4.74 Å². The Morgan fingerprint density at radius 1 is 1.14 bits per heavy atom. The van der Waals surface area contributed by atoms with Crippen LogP contribution in [0.25, 0.3) is 0 Å². The summed E-state index contributed by atoms with van der Waals surface area (Å²) in [5, 5.41) is 1.45. The summed E-state index contributed by atoms with van der Waals surface area (Å²) in [4.78, 5) is 0. The number of hydrogen-bond donors (Lipinski definition) is 0. The van der Waals surface area contributed by atoms with Crippen molar-refractivity contribution in [3.05, 3.63) is 24.3 Å². The molecule has 0 heterocycles. The van der Waals surface area contributed by atoms with E-state index in [0.29, 0.717) is 0 Å². The first-order chi connectivity index (χ1) is 6.86. The topological polar surface area (TPSA) is 9.23 Å². The molecule has 1 unspecified atom stereocenters. The van der Waals surface area contributed by atoms with Crippen LogP contribution in [0.5, 0.6) is 5.75 Å². The van der Waals surface area contributed by atoms with Gasteiger partial charge in [0.1, 0.15) is 5.75 Å². The highest BCUT2D eigenvalue weighted by Gasteiger charge is 1.94. The fourth-order valence-electron chi connectivity index (χ4n) is 1.32. The van der Waals surface area contributed by atoms with Gasteiger partial charge in [0.15, 0.2) is 0 Å². The van der Waals surface area contributed by atoms with Gasteiger partial charge in [-0.1, -0.05) is 40.5 Å². The third kappa shape index (κ3) is 4.11. The first-order valence-electron chi connectivity index (χ1n) is 5.24. The summed E-state index contributed by atoms with van der Waals surface area (Å²) in [6.07, 6.45) is 5.37. The molecule has 0 fully saturated rings. The fourth-order valence-corrected chi connectivity index (χ4v) is 2.43. The lowest BCUT2D eigenvalue weighted by molar-refractivity contribution is 0.415. The average Bonchev–Trinajstić information content (AvgIpc) is 2.25. The minimum Gasteiger partial charge on any atom is -0.497 e. The molecule has 0 aliphatic carbocycles. The van der Waals surface area contributed by atoms with Crippen LogP contribution in [-0.4, -0.2) is 13.3 Å². The van der Waals surface area contributed by atoms with Crippen molar-refractivity contribution >= 4 is 13.9 Å². The van der Waals surface area contributed by atoms with Gasteiger partial charge in [0, 0.05) is 0 Å². The summed E-state index contributed by atoms with van der Waals surface area (Å²) in [6.45, 7) is 2.25. The smallest absolute Gasteiger partial charge is 0.118 e. The average molecular weight is 210 g/mol. The Kier molecular flexibility index (Phi) is 5.63. The molecule has 0 spiro atoms. The van der Waals surface area contributed by atoms with Crippen LogP contribution < -0.4 is 10.0 Å². The molecule has 0 radical (unpaired) electrons. The van der Waals surface area contributed by atoms with Crippen molar-refractivity contribution in [3.63, 3.8) is 0 Å². The minimum atomic E-state index is 0.951. The van der Waals surface area contributed by atoms with Gasteiger partial charge >= 0.3 is 0 Å². The summed E-state index contributed by atoms with van der Waals surface area (Å²) in [5.41, 5.74) is 0. The van der Waals surface area contributed by atoms with Crippen molar-refractivity contribution in [1.82, 2.24) is 0 Å². The summed E-state index contributed by atoms with van der Waals surface area (Å²) in [7, 11) is 2.66. The van der Waals surface area contributed by atoms with E-state index in [2.05, 4.69) is 19.1 Å². The van der Waals surface area contributed by atoms with Crippen molar-refractivity contribution in [2.45, 2.75) is 26.2 Å². The van der Waals surface area contributed by atoms with E-state index in [1.165, 1.54) is 30.7 Å². The second-order valence-electron chi connectivity index (χ2n) is 3.36.